The maximum absolute atomic E-state index is 10.0. The molecule has 2 aromatic heterocycles. The summed E-state index contributed by atoms with van der Waals surface area (Å²) in [6.45, 7) is 0.883. The standard InChI is InChI=1S/C13H14BrNOS/c14-12-4-3-11(17-12)8-15-6-5-10(7-15)13(16)9-1-2-9/h3-7,9,13,16H,1-2,8H2. The summed E-state index contributed by atoms with van der Waals surface area (Å²) >= 11 is 5.22. The molecule has 0 amide bonds. The SMILES string of the molecule is OC(c1ccn(Cc2ccc(Br)s2)c1)C1CC1. The molecule has 90 valence electrons. The van der Waals surface area contributed by atoms with Crippen molar-refractivity contribution in [3.63, 3.8) is 0 Å². The van der Waals surface area contributed by atoms with Crippen LogP contribution in [0.4, 0.5) is 0 Å². The van der Waals surface area contributed by atoms with E-state index in [1.54, 1.807) is 11.3 Å². The van der Waals surface area contributed by atoms with Gasteiger partial charge in [-0.3, -0.25) is 0 Å². The molecule has 1 aliphatic carbocycles. The van der Waals surface area contributed by atoms with Gasteiger partial charge < -0.3 is 9.67 Å². The molecule has 1 atom stereocenters. The summed E-state index contributed by atoms with van der Waals surface area (Å²) in [5.74, 6) is 0.502. The Morgan fingerprint density at radius 1 is 1.41 bits per heavy atom. The van der Waals surface area contributed by atoms with Gasteiger partial charge in [0.2, 0.25) is 0 Å². The van der Waals surface area contributed by atoms with Gasteiger partial charge in [0.25, 0.3) is 0 Å². The normalized spacial score (nSPS) is 17.3. The molecule has 0 saturated heterocycles. The Kier molecular flexibility index (Phi) is 3.11. The lowest BCUT2D eigenvalue weighted by Crippen LogP contribution is -1.98. The van der Waals surface area contributed by atoms with Gasteiger partial charge >= 0.3 is 0 Å². The fourth-order valence-electron chi connectivity index (χ4n) is 2.03. The zero-order valence-electron chi connectivity index (χ0n) is 9.34. The van der Waals surface area contributed by atoms with Crippen LogP contribution in [0.25, 0.3) is 0 Å². The number of aromatic nitrogens is 1. The molecule has 4 heteroatoms. The highest BCUT2D eigenvalue weighted by Gasteiger charge is 2.31. The first-order valence-electron chi connectivity index (χ1n) is 5.80. The highest BCUT2D eigenvalue weighted by molar-refractivity contribution is 9.11. The Morgan fingerprint density at radius 3 is 2.88 bits per heavy atom. The first kappa shape index (κ1) is 11.5. The van der Waals surface area contributed by atoms with Gasteiger partial charge in [0.05, 0.1) is 16.4 Å². The molecule has 1 saturated carbocycles. The van der Waals surface area contributed by atoms with Gasteiger partial charge in [-0.2, -0.15) is 0 Å². The maximum atomic E-state index is 10.0. The number of rotatable bonds is 4. The smallest absolute Gasteiger partial charge is 0.0832 e. The lowest BCUT2D eigenvalue weighted by atomic mass is 10.1. The highest BCUT2D eigenvalue weighted by atomic mass is 79.9. The van der Waals surface area contributed by atoms with Crippen LogP contribution in [0.3, 0.4) is 0 Å². The second-order valence-electron chi connectivity index (χ2n) is 4.61. The van der Waals surface area contributed by atoms with Gasteiger partial charge in [0.1, 0.15) is 0 Å². The first-order chi connectivity index (χ1) is 8.22. The fourth-order valence-corrected chi connectivity index (χ4v) is 3.53. The van der Waals surface area contributed by atoms with Crippen molar-refractivity contribution in [2.24, 2.45) is 5.92 Å². The number of nitrogens with zero attached hydrogens (tertiary/aromatic N) is 1. The van der Waals surface area contributed by atoms with Crippen LogP contribution >= 0.6 is 27.3 Å². The van der Waals surface area contributed by atoms with Crippen molar-refractivity contribution in [2.45, 2.75) is 25.5 Å². The van der Waals surface area contributed by atoms with Crippen LogP contribution in [0.5, 0.6) is 0 Å². The lowest BCUT2D eigenvalue weighted by molar-refractivity contribution is 0.154. The van der Waals surface area contributed by atoms with Crippen LogP contribution < -0.4 is 0 Å². The molecule has 2 nitrogen and oxygen atoms in total. The Hall–Kier alpha value is -0.580. The minimum Gasteiger partial charge on any atom is -0.388 e. The zero-order chi connectivity index (χ0) is 11.8. The summed E-state index contributed by atoms with van der Waals surface area (Å²) in [5.41, 5.74) is 1.06. The topological polar surface area (TPSA) is 25.2 Å². The molecule has 2 aromatic rings. The highest BCUT2D eigenvalue weighted by Crippen LogP contribution is 2.40. The molecule has 1 fully saturated rings. The number of halogens is 1. The average molecular weight is 312 g/mol. The van der Waals surface area contributed by atoms with Crippen LogP contribution in [0, 0.1) is 5.92 Å². The molecule has 0 bridgehead atoms. The minimum atomic E-state index is -0.258. The second-order valence-corrected chi connectivity index (χ2v) is 7.15. The molecule has 1 aliphatic rings. The van der Waals surface area contributed by atoms with Crippen molar-refractivity contribution in [2.75, 3.05) is 0 Å². The van der Waals surface area contributed by atoms with Crippen molar-refractivity contribution >= 4 is 27.3 Å². The summed E-state index contributed by atoms with van der Waals surface area (Å²) in [5, 5.41) is 10.0. The van der Waals surface area contributed by atoms with Crippen LogP contribution in [0.2, 0.25) is 0 Å². The van der Waals surface area contributed by atoms with E-state index in [2.05, 4.69) is 45.0 Å². The Morgan fingerprint density at radius 2 is 2.24 bits per heavy atom. The van der Waals surface area contributed by atoms with Gasteiger partial charge in [0, 0.05) is 17.3 Å². The predicted molar refractivity (Wildman–Crippen MR) is 73.2 cm³/mol. The third-order valence-corrected chi connectivity index (χ3v) is 4.76. The molecule has 2 heterocycles. The molecule has 1 unspecified atom stereocenters. The van der Waals surface area contributed by atoms with Gasteiger partial charge in [-0.1, -0.05) is 0 Å². The summed E-state index contributed by atoms with van der Waals surface area (Å²) < 4.78 is 3.30. The Labute approximate surface area is 113 Å². The van der Waals surface area contributed by atoms with Crippen molar-refractivity contribution in [1.29, 1.82) is 0 Å². The van der Waals surface area contributed by atoms with Crippen LogP contribution in [-0.2, 0) is 6.54 Å². The van der Waals surface area contributed by atoms with E-state index in [9.17, 15) is 5.11 Å². The maximum Gasteiger partial charge on any atom is 0.0832 e. The van der Waals surface area contributed by atoms with Crippen molar-refractivity contribution < 1.29 is 5.11 Å². The third-order valence-electron chi connectivity index (χ3n) is 3.15. The van der Waals surface area contributed by atoms with E-state index >= 15 is 0 Å². The lowest BCUT2D eigenvalue weighted by Gasteiger charge is -2.05. The molecule has 17 heavy (non-hydrogen) atoms. The van der Waals surface area contributed by atoms with E-state index in [1.165, 1.54) is 17.7 Å². The molecule has 0 spiro atoms. The number of thiophene rings is 1. The first-order valence-corrected chi connectivity index (χ1v) is 7.41. The summed E-state index contributed by atoms with van der Waals surface area (Å²) in [4.78, 5) is 1.32. The molecule has 1 N–H and O–H groups in total. The number of aliphatic hydroxyl groups is 1. The predicted octanol–water partition coefficient (Wildman–Crippen LogP) is 3.80. The molecular weight excluding hydrogens is 298 g/mol. The largest absolute Gasteiger partial charge is 0.388 e. The molecule has 0 aromatic carbocycles. The van der Waals surface area contributed by atoms with E-state index in [-0.39, 0.29) is 6.10 Å². The van der Waals surface area contributed by atoms with Crippen LogP contribution in [0.15, 0.2) is 34.4 Å². The third kappa shape index (κ3) is 2.64. The number of hydrogen-bond acceptors (Lipinski definition) is 2. The van der Waals surface area contributed by atoms with Crippen molar-refractivity contribution in [1.82, 2.24) is 4.57 Å². The molecule has 0 radical (unpaired) electrons. The van der Waals surface area contributed by atoms with Crippen LogP contribution in [-0.4, -0.2) is 9.67 Å². The summed E-state index contributed by atoms with van der Waals surface area (Å²) in [7, 11) is 0. The number of hydrogen-bond donors (Lipinski definition) is 1. The minimum absolute atomic E-state index is 0.258. The van der Waals surface area contributed by atoms with Crippen LogP contribution in [0.1, 0.15) is 29.4 Å². The van der Waals surface area contributed by atoms with Crippen molar-refractivity contribution in [3.8, 4) is 0 Å². The van der Waals surface area contributed by atoms with Gasteiger partial charge in [0.15, 0.2) is 0 Å². The quantitative estimate of drug-likeness (QED) is 0.912. The van der Waals surface area contributed by atoms with E-state index in [0.717, 1.165) is 15.9 Å². The van der Waals surface area contributed by atoms with E-state index in [0.29, 0.717) is 5.92 Å². The second kappa shape index (κ2) is 4.59. The van der Waals surface area contributed by atoms with E-state index in [1.807, 2.05) is 6.07 Å². The molecular formula is C13H14BrNOS. The van der Waals surface area contributed by atoms with Gasteiger partial charge in [-0.05, 0) is 58.5 Å². The average Bonchev–Trinajstić information content (AvgIpc) is 2.93. The summed E-state index contributed by atoms with van der Waals surface area (Å²) in [6.07, 6.45) is 6.20. The fraction of sp³-hybridized carbons (Fsp3) is 0.385. The van der Waals surface area contributed by atoms with Crippen molar-refractivity contribution in [3.05, 3.63) is 44.8 Å². The zero-order valence-corrected chi connectivity index (χ0v) is 11.7. The Balaban J connectivity index is 1.71. The molecule has 3 rings (SSSR count). The van der Waals surface area contributed by atoms with E-state index < -0.39 is 0 Å². The van der Waals surface area contributed by atoms with Gasteiger partial charge in [-0.25, -0.2) is 0 Å². The molecule has 0 aliphatic heterocycles. The van der Waals surface area contributed by atoms with Gasteiger partial charge in [-0.15, -0.1) is 11.3 Å². The Bertz CT molecular complexity index is 515. The summed E-state index contributed by atoms with van der Waals surface area (Å²) in [6, 6.07) is 6.24. The monoisotopic (exact) mass is 311 g/mol. The van der Waals surface area contributed by atoms with E-state index in [4.69, 9.17) is 0 Å². The number of aliphatic hydroxyl groups excluding tert-OH is 1.